The second-order valence-electron chi connectivity index (χ2n) is 7.35. The number of anilines is 1. The second-order valence-corrected chi connectivity index (χ2v) is 8.28. The van der Waals surface area contributed by atoms with Gasteiger partial charge in [-0.25, -0.2) is 4.98 Å². The summed E-state index contributed by atoms with van der Waals surface area (Å²) in [7, 11) is 1.63. The fourth-order valence-corrected chi connectivity index (χ4v) is 4.54. The predicted molar refractivity (Wildman–Crippen MR) is 116 cm³/mol. The number of piperidine rings is 1. The average molecular weight is 428 g/mol. The van der Waals surface area contributed by atoms with Gasteiger partial charge in [0.05, 0.1) is 7.11 Å². The van der Waals surface area contributed by atoms with Crippen molar-refractivity contribution in [3.8, 4) is 5.75 Å². The summed E-state index contributed by atoms with van der Waals surface area (Å²) in [4.78, 5) is 32.0. The van der Waals surface area contributed by atoms with Gasteiger partial charge in [0, 0.05) is 37.3 Å². The predicted octanol–water partition coefficient (Wildman–Crippen LogP) is 2.25. The normalized spacial score (nSPS) is 14.8. The van der Waals surface area contributed by atoms with Gasteiger partial charge in [-0.2, -0.15) is 4.52 Å². The third kappa shape index (κ3) is 4.30. The van der Waals surface area contributed by atoms with E-state index in [1.54, 1.807) is 7.11 Å². The molecule has 1 fully saturated rings. The second kappa shape index (κ2) is 8.83. The van der Waals surface area contributed by atoms with Gasteiger partial charge in [0.1, 0.15) is 5.75 Å². The van der Waals surface area contributed by atoms with Crippen molar-refractivity contribution in [1.29, 1.82) is 0 Å². The number of ether oxygens (including phenoxy) is 1. The van der Waals surface area contributed by atoms with Crippen LogP contribution in [0.25, 0.3) is 4.96 Å². The van der Waals surface area contributed by atoms with Crippen molar-refractivity contribution in [3.05, 3.63) is 51.9 Å². The number of nitrogens with zero attached hydrogens (tertiary/aromatic N) is 4. The van der Waals surface area contributed by atoms with Crippen molar-refractivity contribution < 1.29 is 9.53 Å². The van der Waals surface area contributed by atoms with Crippen molar-refractivity contribution in [1.82, 2.24) is 19.9 Å². The number of benzene rings is 1. The first-order valence-electron chi connectivity index (χ1n) is 10.1. The number of carbonyl (C=O) groups is 1. The quantitative estimate of drug-likeness (QED) is 0.649. The van der Waals surface area contributed by atoms with E-state index in [1.807, 2.05) is 31.2 Å². The van der Waals surface area contributed by atoms with Crippen molar-refractivity contribution >= 4 is 27.3 Å². The van der Waals surface area contributed by atoms with Gasteiger partial charge in [0.2, 0.25) is 16.0 Å². The first-order chi connectivity index (χ1) is 14.6. The molecule has 3 aromatic rings. The standard InChI is InChI=1S/C21H25N5O3S/c1-3-16-12-18(27)26-20(23-16)30-21(24-26)25-10-8-15(9-11-25)19(28)22-13-14-4-6-17(29-2)7-5-14/h4-7,12,15H,3,8-11,13H2,1-2H3,(H,22,28). The Morgan fingerprint density at radius 1 is 1.27 bits per heavy atom. The highest BCUT2D eigenvalue weighted by atomic mass is 32.1. The fourth-order valence-electron chi connectivity index (χ4n) is 3.56. The maximum atomic E-state index is 12.6. The lowest BCUT2D eigenvalue weighted by atomic mass is 9.96. The van der Waals surface area contributed by atoms with E-state index in [1.165, 1.54) is 21.9 Å². The van der Waals surface area contributed by atoms with Gasteiger partial charge in [-0.05, 0) is 37.0 Å². The molecule has 1 saturated heterocycles. The van der Waals surface area contributed by atoms with Crippen LogP contribution >= 0.6 is 11.3 Å². The molecule has 4 rings (SSSR count). The molecule has 1 aliphatic rings. The molecule has 1 aliphatic heterocycles. The van der Waals surface area contributed by atoms with Gasteiger partial charge in [0.15, 0.2) is 0 Å². The minimum Gasteiger partial charge on any atom is -0.497 e. The van der Waals surface area contributed by atoms with Crippen LogP contribution in [0.4, 0.5) is 5.13 Å². The summed E-state index contributed by atoms with van der Waals surface area (Å²) in [6.07, 6.45) is 2.23. The number of amides is 1. The lowest BCUT2D eigenvalue weighted by molar-refractivity contribution is -0.125. The van der Waals surface area contributed by atoms with Gasteiger partial charge in [-0.15, -0.1) is 5.10 Å². The number of hydrogen-bond donors (Lipinski definition) is 1. The summed E-state index contributed by atoms with van der Waals surface area (Å²) in [6.45, 7) is 3.95. The Morgan fingerprint density at radius 2 is 2.00 bits per heavy atom. The first-order valence-corrected chi connectivity index (χ1v) is 10.9. The van der Waals surface area contributed by atoms with Crippen molar-refractivity contribution in [2.75, 3.05) is 25.1 Å². The summed E-state index contributed by atoms with van der Waals surface area (Å²) >= 11 is 1.42. The smallest absolute Gasteiger partial charge is 0.275 e. The van der Waals surface area contributed by atoms with Gasteiger partial charge < -0.3 is 15.0 Å². The lowest BCUT2D eigenvalue weighted by Gasteiger charge is -2.30. The molecular weight excluding hydrogens is 402 g/mol. The molecule has 0 aliphatic carbocycles. The third-order valence-electron chi connectivity index (χ3n) is 5.41. The number of carbonyl (C=O) groups excluding carboxylic acids is 1. The molecule has 0 unspecified atom stereocenters. The summed E-state index contributed by atoms with van der Waals surface area (Å²) in [5.74, 6) is 0.873. The van der Waals surface area contributed by atoms with Crippen molar-refractivity contribution in [2.24, 2.45) is 5.92 Å². The molecule has 3 heterocycles. The van der Waals surface area contributed by atoms with Crippen LogP contribution in [0.5, 0.6) is 5.75 Å². The zero-order valence-corrected chi connectivity index (χ0v) is 17.9. The molecule has 30 heavy (non-hydrogen) atoms. The Balaban J connectivity index is 1.34. The maximum Gasteiger partial charge on any atom is 0.275 e. The topological polar surface area (TPSA) is 88.8 Å². The number of fused-ring (bicyclic) bond motifs is 1. The Hall–Kier alpha value is -2.94. The highest BCUT2D eigenvalue weighted by Gasteiger charge is 2.26. The number of methoxy groups -OCH3 is 1. The molecular formula is C21H25N5O3S. The monoisotopic (exact) mass is 427 g/mol. The molecule has 158 valence electrons. The van der Waals surface area contributed by atoms with E-state index < -0.39 is 0 Å². The molecule has 9 heteroatoms. The van der Waals surface area contributed by atoms with Crippen LogP contribution in [0.15, 0.2) is 35.1 Å². The van der Waals surface area contributed by atoms with Gasteiger partial charge in [0.25, 0.3) is 5.56 Å². The Morgan fingerprint density at radius 3 is 2.67 bits per heavy atom. The van der Waals surface area contributed by atoms with E-state index in [0.717, 1.165) is 54.5 Å². The third-order valence-corrected chi connectivity index (χ3v) is 6.38. The van der Waals surface area contributed by atoms with Gasteiger partial charge >= 0.3 is 0 Å². The van der Waals surface area contributed by atoms with E-state index >= 15 is 0 Å². The molecule has 0 radical (unpaired) electrons. The molecule has 1 amide bonds. The SMILES string of the molecule is CCc1cc(=O)n2nc(N3CCC(C(=O)NCc4ccc(OC)cc4)CC3)sc2n1. The highest BCUT2D eigenvalue weighted by molar-refractivity contribution is 7.20. The molecule has 0 bridgehead atoms. The summed E-state index contributed by atoms with van der Waals surface area (Å²) in [6, 6.07) is 9.22. The molecule has 0 atom stereocenters. The lowest BCUT2D eigenvalue weighted by Crippen LogP contribution is -2.40. The largest absolute Gasteiger partial charge is 0.497 e. The van der Waals surface area contributed by atoms with Crippen LogP contribution in [0, 0.1) is 5.92 Å². The Labute approximate surface area is 178 Å². The van der Waals surface area contributed by atoms with Crippen molar-refractivity contribution in [2.45, 2.75) is 32.7 Å². The summed E-state index contributed by atoms with van der Waals surface area (Å²) in [5.41, 5.74) is 1.68. The highest BCUT2D eigenvalue weighted by Crippen LogP contribution is 2.27. The fraction of sp³-hybridized carbons (Fsp3) is 0.429. The Bertz CT molecular complexity index is 1080. The molecule has 0 saturated carbocycles. The van der Waals surface area contributed by atoms with E-state index in [-0.39, 0.29) is 17.4 Å². The number of hydrogen-bond acceptors (Lipinski definition) is 7. The molecule has 8 nitrogen and oxygen atoms in total. The van der Waals surface area contributed by atoms with E-state index in [9.17, 15) is 9.59 Å². The van der Waals surface area contributed by atoms with Crippen LogP contribution < -0.4 is 20.5 Å². The van der Waals surface area contributed by atoms with Crippen molar-refractivity contribution in [3.63, 3.8) is 0 Å². The van der Waals surface area contributed by atoms with Crippen LogP contribution in [-0.2, 0) is 17.8 Å². The van der Waals surface area contributed by atoms with E-state index in [2.05, 4.69) is 20.3 Å². The summed E-state index contributed by atoms with van der Waals surface area (Å²) < 4.78 is 6.52. The maximum absolute atomic E-state index is 12.6. The van der Waals surface area contributed by atoms with Crippen LogP contribution in [0.2, 0.25) is 0 Å². The Kier molecular flexibility index (Phi) is 5.98. The van der Waals surface area contributed by atoms with Gasteiger partial charge in [-0.1, -0.05) is 30.4 Å². The number of aromatic nitrogens is 3. The van der Waals surface area contributed by atoms with Gasteiger partial charge in [-0.3, -0.25) is 9.59 Å². The molecule has 1 aromatic carbocycles. The molecule has 2 aromatic heterocycles. The van der Waals surface area contributed by atoms with E-state index in [4.69, 9.17) is 4.74 Å². The number of aryl methyl sites for hydroxylation is 1. The first kappa shape index (κ1) is 20.3. The average Bonchev–Trinajstić information content (AvgIpc) is 3.22. The molecule has 1 N–H and O–H groups in total. The number of rotatable bonds is 6. The zero-order valence-electron chi connectivity index (χ0n) is 17.1. The molecule has 0 spiro atoms. The zero-order chi connectivity index (χ0) is 21.1. The van der Waals surface area contributed by atoms with Crippen LogP contribution in [0.1, 0.15) is 31.0 Å². The number of nitrogens with one attached hydrogen (secondary N) is 1. The minimum atomic E-state index is -0.146. The van der Waals surface area contributed by atoms with Crippen LogP contribution in [-0.4, -0.2) is 40.7 Å². The summed E-state index contributed by atoms with van der Waals surface area (Å²) in [5, 5.41) is 8.26. The minimum absolute atomic E-state index is 0.0126. The van der Waals surface area contributed by atoms with E-state index in [0.29, 0.717) is 11.5 Å². The van der Waals surface area contributed by atoms with Crippen LogP contribution in [0.3, 0.4) is 0 Å².